The van der Waals surface area contributed by atoms with Crippen molar-refractivity contribution in [3.63, 3.8) is 0 Å². The molecule has 1 aromatic rings. The van der Waals surface area contributed by atoms with E-state index in [-0.39, 0.29) is 5.91 Å². The number of ether oxygens (including phenoxy) is 1. The number of carbonyl (C=O) groups excluding carboxylic acids is 1. The standard InChI is InChI=1S/C18H29N5O2/c1-2-3-6-18(24)23-11-9-22(10-12-23)17-8-7-16(20-21-17)19-14-15-5-4-13-25-15/h7-8,15H,2-6,9-14H2,1H3,(H,19,20). The molecule has 1 aromatic heterocycles. The van der Waals surface area contributed by atoms with Crippen molar-refractivity contribution in [2.75, 3.05) is 49.5 Å². The van der Waals surface area contributed by atoms with Crippen LogP contribution >= 0.6 is 0 Å². The Kier molecular flexibility index (Phi) is 6.44. The monoisotopic (exact) mass is 347 g/mol. The second-order valence-electron chi connectivity index (χ2n) is 6.76. The highest BCUT2D eigenvalue weighted by Crippen LogP contribution is 2.16. The Morgan fingerprint density at radius 2 is 2.12 bits per heavy atom. The molecule has 3 rings (SSSR count). The molecular weight excluding hydrogens is 318 g/mol. The van der Waals surface area contributed by atoms with Crippen LogP contribution in [-0.2, 0) is 9.53 Å². The molecule has 1 amide bonds. The lowest BCUT2D eigenvalue weighted by Gasteiger charge is -2.35. The van der Waals surface area contributed by atoms with E-state index in [0.717, 1.165) is 76.6 Å². The zero-order valence-electron chi connectivity index (χ0n) is 15.1. The maximum atomic E-state index is 12.1. The summed E-state index contributed by atoms with van der Waals surface area (Å²) in [5, 5.41) is 11.9. The molecule has 3 heterocycles. The number of aromatic nitrogens is 2. The van der Waals surface area contributed by atoms with Gasteiger partial charge in [0.25, 0.3) is 0 Å². The van der Waals surface area contributed by atoms with Crippen LogP contribution < -0.4 is 10.2 Å². The van der Waals surface area contributed by atoms with Gasteiger partial charge in [0.1, 0.15) is 5.82 Å². The van der Waals surface area contributed by atoms with Crippen molar-refractivity contribution in [1.82, 2.24) is 15.1 Å². The number of rotatable bonds is 7. The third-order valence-electron chi connectivity index (χ3n) is 4.89. The fraction of sp³-hybridized carbons (Fsp3) is 0.722. The van der Waals surface area contributed by atoms with Crippen LogP contribution in [0.25, 0.3) is 0 Å². The Labute approximate surface area is 149 Å². The van der Waals surface area contributed by atoms with Crippen molar-refractivity contribution in [3.05, 3.63) is 12.1 Å². The van der Waals surface area contributed by atoms with E-state index in [2.05, 4.69) is 27.3 Å². The van der Waals surface area contributed by atoms with Gasteiger partial charge in [-0.05, 0) is 31.4 Å². The number of nitrogens with zero attached hydrogens (tertiary/aromatic N) is 4. The number of hydrogen-bond donors (Lipinski definition) is 1. The summed E-state index contributed by atoms with van der Waals surface area (Å²) < 4.78 is 5.60. The minimum Gasteiger partial charge on any atom is -0.376 e. The highest BCUT2D eigenvalue weighted by molar-refractivity contribution is 5.76. The number of hydrogen-bond acceptors (Lipinski definition) is 6. The summed E-state index contributed by atoms with van der Waals surface area (Å²) in [6, 6.07) is 3.97. The van der Waals surface area contributed by atoms with E-state index in [1.807, 2.05) is 17.0 Å². The third kappa shape index (κ3) is 5.04. The molecule has 2 aliphatic heterocycles. The first kappa shape index (κ1) is 17.9. The molecule has 0 bridgehead atoms. The van der Waals surface area contributed by atoms with E-state index >= 15 is 0 Å². The van der Waals surface area contributed by atoms with Crippen LogP contribution in [0.2, 0.25) is 0 Å². The average molecular weight is 347 g/mol. The summed E-state index contributed by atoms with van der Waals surface area (Å²) in [5.41, 5.74) is 0. The second-order valence-corrected chi connectivity index (χ2v) is 6.76. The molecule has 0 spiro atoms. The van der Waals surface area contributed by atoms with Crippen LogP contribution in [0.15, 0.2) is 12.1 Å². The molecule has 2 aliphatic rings. The first-order valence-electron chi connectivity index (χ1n) is 9.48. The predicted octanol–water partition coefficient (Wildman–Crippen LogP) is 1.91. The molecule has 2 fully saturated rings. The zero-order valence-corrected chi connectivity index (χ0v) is 15.1. The maximum absolute atomic E-state index is 12.1. The van der Waals surface area contributed by atoms with Gasteiger partial charge < -0.3 is 19.9 Å². The first-order valence-corrected chi connectivity index (χ1v) is 9.48. The lowest BCUT2D eigenvalue weighted by atomic mass is 10.2. The summed E-state index contributed by atoms with van der Waals surface area (Å²) in [4.78, 5) is 16.3. The number of unbranched alkanes of at least 4 members (excludes halogenated alkanes) is 1. The predicted molar refractivity (Wildman–Crippen MR) is 97.8 cm³/mol. The molecule has 0 saturated carbocycles. The SMILES string of the molecule is CCCCC(=O)N1CCN(c2ccc(NCC3CCCO3)nn2)CC1. The largest absolute Gasteiger partial charge is 0.376 e. The smallest absolute Gasteiger partial charge is 0.222 e. The molecule has 7 nitrogen and oxygen atoms in total. The Balaban J connectivity index is 1.44. The van der Waals surface area contributed by atoms with Gasteiger partial charge in [0, 0.05) is 45.8 Å². The highest BCUT2D eigenvalue weighted by Gasteiger charge is 2.21. The van der Waals surface area contributed by atoms with Crippen LogP contribution in [0.1, 0.15) is 39.0 Å². The molecule has 138 valence electrons. The van der Waals surface area contributed by atoms with Gasteiger partial charge >= 0.3 is 0 Å². The Morgan fingerprint density at radius 3 is 2.76 bits per heavy atom. The van der Waals surface area contributed by atoms with Gasteiger partial charge in [-0.25, -0.2) is 0 Å². The maximum Gasteiger partial charge on any atom is 0.222 e. The molecule has 25 heavy (non-hydrogen) atoms. The molecule has 1 N–H and O–H groups in total. The molecule has 0 radical (unpaired) electrons. The van der Waals surface area contributed by atoms with Crippen LogP contribution in [0.5, 0.6) is 0 Å². The Morgan fingerprint density at radius 1 is 1.28 bits per heavy atom. The van der Waals surface area contributed by atoms with Gasteiger partial charge in [0.2, 0.25) is 5.91 Å². The minimum atomic E-state index is 0.279. The lowest BCUT2D eigenvalue weighted by molar-refractivity contribution is -0.131. The van der Waals surface area contributed by atoms with E-state index in [1.54, 1.807) is 0 Å². The van der Waals surface area contributed by atoms with Crippen molar-refractivity contribution in [1.29, 1.82) is 0 Å². The van der Waals surface area contributed by atoms with Crippen molar-refractivity contribution in [2.24, 2.45) is 0 Å². The summed E-state index contributed by atoms with van der Waals surface area (Å²) in [6.45, 7) is 6.93. The highest BCUT2D eigenvalue weighted by atomic mass is 16.5. The molecular formula is C18H29N5O2. The normalized spacial score (nSPS) is 20.8. The van der Waals surface area contributed by atoms with Crippen molar-refractivity contribution < 1.29 is 9.53 Å². The van der Waals surface area contributed by atoms with E-state index in [4.69, 9.17) is 4.74 Å². The lowest BCUT2D eigenvalue weighted by Crippen LogP contribution is -2.49. The molecule has 2 saturated heterocycles. The van der Waals surface area contributed by atoms with E-state index in [9.17, 15) is 4.79 Å². The van der Waals surface area contributed by atoms with Gasteiger partial charge in [-0.2, -0.15) is 0 Å². The minimum absolute atomic E-state index is 0.279. The van der Waals surface area contributed by atoms with Crippen molar-refractivity contribution >= 4 is 17.5 Å². The van der Waals surface area contributed by atoms with Crippen LogP contribution in [0.4, 0.5) is 11.6 Å². The molecule has 0 aromatic carbocycles. The summed E-state index contributed by atoms with van der Waals surface area (Å²) >= 11 is 0. The van der Waals surface area contributed by atoms with Gasteiger partial charge in [-0.15, -0.1) is 10.2 Å². The molecule has 1 unspecified atom stereocenters. The Bertz CT molecular complexity index is 537. The number of amides is 1. The van der Waals surface area contributed by atoms with Gasteiger partial charge in [0.05, 0.1) is 6.10 Å². The van der Waals surface area contributed by atoms with Crippen LogP contribution in [-0.4, -0.2) is 66.4 Å². The van der Waals surface area contributed by atoms with E-state index < -0.39 is 0 Å². The van der Waals surface area contributed by atoms with Gasteiger partial charge in [-0.3, -0.25) is 4.79 Å². The van der Waals surface area contributed by atoms with E-state index in [1.165, 1.54) is 0 Å². The summed E-state index contributed by atoms with van der Waals surface area (Å²) in [6.07, 6.45) is 5.25. The summed E-state index contributed by atoms with van der Waals surface area (Å²) in [7, 11) is 0. The van der Waals surface area contributed by atoms with E-state index in [0.29, 0.717) is 12.5 Å². The summed E-state index contributed by atoms with van der Waals surface area (Å²) in [5.74, 6) is 1.94. The number of carbonyl (C=O) groups is 1. The van der Waals surface area contributed by atoms with Gasteiger partial charge in [-0.1, -0.05) is 13.3 Å². The quantitative estimate of drug-likeness (QED) is 0.812. The van der Waals surface area contributed by atoms with Gasteiger partial charge in [0.15, 0.2) is 5.82 Å². The molecule has 7 heteroatoms. The topological polar surface area (TPSA) is 70.6 Å². The van der Waals surface area contributed by atoms with Crippen molar-refractivity contribution in [2.45, 2.75) is 45.1 Å². The number of piperazine rings is 1. The first-order chi connectivity index (χ1) is 12.3. The Hall–Kier alpha value is -1.89. The van der Waals surface area contributed by atoms with Crippen LogP contribution in [0.3, 0.4) is 0 Å². The third-order valence-corrected chi connectivity index (χ3v) is 4.89. The second kappa shape index (κ2) is 8.99. The fourth-order valence-corrected chi connectivity index (χ4v) is 3.28. The zero-order chi connectivity index (χ0) is 17.5. The van der Waals surface area contributed by atoms with Crippen LogP contribution in [0, 0.1) is 0 Å². The van der Waals surface area contributed by atoms with Crippen molar-refractivity contribution in [3.8, 4) is 0 Å². The fourth-order valence-electron chi connectivity index (χ4n) is 3.28. The number of anilines is 2. The molecule has 1 atom stereocenters. The molecule has 0 aliphatic carbocycles. The number of nitrogens with one attached hydrogen (secondary N) is 1. The average Bonchev–Trinajstić information content (AvgIpc) is 3.19.